The van der Waals surface area contributed by atoms with Gasteiger partial charge in [0.05, 0.1) is 11.2 Å². The van der Waals surface area contributed by atoms with Crippen molar-refractivity contribution in [1.82, 2.24) is 9.88 Å². The Labute approximate surface area is 147 Å². The summed E-state index contributed by atoms with van der Waals surface area (Å²) >= 11 is 1.76. The minimum absolute atomic E-state index is 0.646. The minimum atomic E-state index is 0.646. The Morgan fingerprint density at radius 3 is 2.54 bits per heavy atom. The van der Waals surface area contributed by atoms with Crippen molar-refractivity contribution in [3.05, 3.63) is 60.8 Å². The van der Waals surface area contributed by atoms with E-state index in [1.165, 1.54) is 20.9 Å². The van der Waals surface area contributed by atoms with Crippen molar-refractivity contribution in [3.63, 3.8) is 0 Å². The lowest BCUT2D eigenvalue weighted by Crippen LogP contribution is -2.57. The molecule has 0 atom stereocenters. The predicted octanol–water partition coefficient (Wildman–Crippen LogP) is 4.14. The van der Waals surface area contributed by atoms with E-state index < -0.39 is 0 Å². The first-order valence-corrected chi connectivity index (χ1v) is 9.05. The summed E-state index contributed by atoms with van der Waals surface area (Å²) in [6.07, 6.45) is 1.99. The van der Waals surface area contributed by atoms with Gasteiger partial charge in [0.15, 0.2) is 0 Å². The molecule has 0 aliphatic carbocycles. The van der Waals surface area contributed by atoms with Gasteiger partial charge in [0.2, 0.25) is 0 Å². The molecule has 0 spiro atoms. The number of nitrogens with zero attached hydrogens (tertiary/aromatic N) is 3. The number of hydrogen-bond acceptors (Lipinski definition) is 4. The topological polar surface area (TPSA) is 19.4 Å². The Kier molecular flexibility index (Phi) is 4.17. The zero-order valence-electron chi connectivity index (χ0n) is 14.0. The highest BCUT2D eigenvalue weighted by Crippen LogP contribution is 2.33. The molecule has 0 saturated carbocycles. The second kappa shape index (κ2) is 6.46. The quantitative estimate of drug-likeness (QED) is 0.713. The fourth-order valence-corrected chi connectivity index (χ4v) is 3.90. The molecular weight excluding hydrogens is 314 g/mol. The van der Waals surface area contributed by atoms with Crippen LogP contribution in [0.5, 0.6) is 0 Å². The van der Waals surface area contributed by atoms with E-state index in [2.05, 4.69) is 72.4 Å². The van der Waals surface area contributed by atoms with Gasteiger partial charge in [-0.05, 0) is 38.4 Å². The van der Waals surface area contributed by atoms with Gasteiger partial charge in [-0.3, -0.25) is 4.98 Å². The second-order valence-corrected chi connectivity index (χ2v) is 7.60. The van der Waals surface area contributed by atoms with Crippen molar-refractivity contribution >= 4 is 28.4 Å². The summed E-state index contributed by atoms with van der Waals surface area (Å²) in [4.78, 5) is 11.9. The number of fused-ring (bicyclic) bond motifs is 1. The van der Waals surface area contributed by atoms with E-state index in [0.717, 1.165) is 18.6 Å². The molecule has 1 aromatic heterocycles. The highest BCUT2D eigenvalue weighted by molar-refractivity contribution is 7.99. The molecule has 3 aromatic rings. The molecule has 0 radical (unpaired) electrons. The molecule has 0 unspecified atom stereocenters. The standard InChI is InChI=1S/C20H21N3S/c1-22(2)16-13-23(14-16)19-10-6-7-15-11-18(12-21-20(15)19)24-17-8-4-3-5-9-17/h3-12,16H,13-14H2,1-2H3. The van der Waals surface area contributed by atoms with Crippen LogP contribution in [0.2, 0.25) is 0 Å². The zero-order valence-corrected chi connectivity index (χ0v) is 14.8. The number of hydrogen-bond donors (Lipinski definition) is 0. The maximum Gasteiger partial charge on any atom is 0.0936 e. The molecule has 122 valence electrons. The maximum atomic E-state index is 4.77. The third-order valence-corrected chi connectivity index (χ3v) is 5.54. The number of aromatic nitrogens is 1. The summed E-state index contributed by atoms with van der Waals surface area (Å²) in [6.45, 7) is 2.16. The van der Waals surface area contributed by atoms with Gasteiger partial charge in [-0.25, -0.2) is 0 Å². The first kappa shape index (κ1) is 15.5. The van der Waals surface area contributed by atoms with Crippen LogP contribution in [0, 0.1) is 0 Å². The van der Waals surface area contributed by atoms with Gasteiger partial charge in [0.25, 0.3) is 0 Å². The number of benzene rings is 2. The van der Waals surface area contributed by atoms with Crippen LogP contribution in [0.25, 0.3) is 10.9 Å². The van der Waals surface area contributed by atoms with Gasteiger partial charge in [-0.15, -0.1) is 0 Å². The predicted molar refractivity (Wildman–Crippen MR) is 102 cm³/mol. The summed E-state index contributed by atoms with van der Waals surface area (Å²) in [7, 11) is 4.30. The molecule has 1 aliphatic rings. The van der Waals surface area contributed by atoms with Crippen LogP contribution >= 0.6 is 11.8 Å². The van der Waals surface area contributed by atoms with E-state index in [1.54, 1.807) is 11.8 Å². The summed E-state index contributed by atoms with van der Waals surface area (Å²) in [6, 6.07) is 19.8. The van der Waals surface area contributed by atoms with E-state index in [9.17, 15) is 0 Å². The van der Waals surface area contributed by atoms with E-state index in [4.69, 9.17) is 4.98 Å². The molecule has 2 aromatic carbocycles. The molecule has 0 amide bonds. The van der Waals surface area contributed by atoms with Crippen molar-refractivity contribution in [2.45, 2.75) is 15.8 Å². The molecule has 0 N–H and O–H groups in total. The number of para-hydroxylation sites is 1. The summed E-state index contributed by atoms with van der Waals surface area (Å²) in [5.74, 6) is 0. The van der Waals surface area contributed by atoms with Crippen LogP contribution in [-0.2, 0) is 0 Å². The highest BCUT2D eigenvalue weighted by atomic mass is 32.2. The van der Waals surface area contributed by atoms with Crippen molar-refractivity contribution in [1.29, 1.82) is 0 Å². The third kappa shape index (κ3) is 2.99. The van der Waals surface area contributed by atoms with E-state index in [-0.39, 0.29) is 0 Å². The zero-order chi connectivity index (χ0) is 16.5. The highest BCUT2D eigenvalue weighted by Gasteiger charge is 2.29. The monoisotopic (exact) mass is 335 g/mol. The summed E-state index contributed by atoms with van der Waals surface area (Å²) in [5.41, 5.74) is 2.36. The van der Waals surface area contributed by atoms with Crippen molar-refractivity contribution in [2.75, 3.05) is 32.1 Å². The van der Waals surface area contributed by atoms with Gasteiger partial charge in [-0.1, -0.05) is 42.1 Å². The average Bonchev–Trinajstić information content (AvgIpc) is 2.54. The van der Waals surface area contributed by atoms with Crippen LogP contribution in [0.4, 0.5) is 5.69 Å². The molecule has 2 heterocycles. The van der Waals surface area contributed by atoms with Gasteiger partial charge in [0.1, 0.15) is 0 Å². The molecule has 1 fully saturated rings. The molecule has 1 aliphatic heterocycles. The van der Waals surface area contributed by atoms with Gasteiger partial charge >= 0.3 is 0 Å². The molecular formula is C20H21N3S. The molecule has 1 saturated heterocycles. The molecule has 4 heteroatoms. The van der Waals surface area contributed by atoms with E-state index in [0.29, 0.717) is 6.04 Å². The third-order valence-electron chi connectivity index (χ3n) is 4.58. The Bertz CT molecular complexity index is 842. The number of rotatable bonds is 4. The normalized spacial score (nSPS) is 15.0. The SMILES string of the molecule is CN(C)C1CN(c2cccc3cc(Sc4ccccc4)cnc23)C1. The fourth-order valence-electron chi connectivity index (χ4n) is 3.04. The van der Waals surface area contributed by atoms with Crippen molar-refractivity contribution in [2.24, 2.45) is 0 Å². The molecule has 4 rings (SSSR count). The first-order valence-electron chi connectivity index (χ1n) is 8.24. The van der Waals surface area contributed by atoms with E-state index in [1.807, 2.05) is 12.3 Å². The van der Waals surface area contributed by atoms with E-state index >= 15 is 0 Å². The van der Waals surface area contributed by atoms with Crippen molar-refractivity contribution in [3.8, 4) is 0 Å². The lowest BCUT2D eigenvalue weighted by atomic mass is 10.1. The van der Waals surface area contributed by atoms with Gasteiger partial charge in [-0.2, -0.15) is 0 Å². The minimum Gasteiger partial charge on any atom is -0.366 e. The smallest absolute Gasteiger partial charge is 0.0936 e. The number of anilines is 1. The number of pyridine rings is 1. The Morgan fingerprint density at radius 1 is 1.00 bits per heavy atom. The molecule has 24 heavy (non-hydrogen) atoms. The van der Waals surface area contributed by atoms with Crippen LogP contribution in [-0.4, -0.2) is 43.1 Å². The van der Waals surface area contributed by atoms with Crippen molar-refractivity contribution < 1.29 is 0 Å². The maximum absolute atomic E-state index is 4.77. The van der Waals surface area contributed by atoms with Crippen LogP contribution in [0.15, 0.2) is 70.6 Å². The van der Waals surface area contributed by atoms with Crippen LogP contribution in [0.1, 0.15) is 0 Å². The first-order chi connectivity index (χ1) is 11.7. The van der Waals surface area contributed by atoms with Gasteiger partial charge in [0, 0.05) is 40.5 Å². The Hall–Kier alpha value is -2.04. The van der Waals surface area contributed by atoms with Gasteiger partial charge < -0.3 is 9.80 Å². The Balaban J connectivity index is 1.60. The van der Waals surface area contributed by atoms with Crippen LogP contribution in [0.3, 0.4) is 0 Å². The summed E-state index contributed by atoms with van der Waals surface area (Å²) in [5, 5.41) is 1.21. The average molecular weight is 335 g/mol. The van der Waals surface area contributed by atoms with Crippen LogP contribution < -0.4 is 4.90 Å². The lowest BCUT2D eigenvalue weighted by molar-refractivity contribution is 0.247. The summed E-state index contributed by atoms with van der Waals surface area (Å²) < 4.78 is 0. The largest absolute Gasteiger partial charge is 0.366 e. The molecule has 3 nitrogen and oxygen atoms in total. The fraction of sp³-hybridized carbons (Fsp3) is 0.250. The number of likely N-dealkylation sites (N-methyl/N-ethyl adjacent to an activating group) is 1. The Morgan fingerprint density at radius 2 is 1.79 bits per heavy atom. The second-order valence-electron chi connectivity index (χ2n) is 6.46. The molecule has 0 bridgehead atoms. The lowest BCUT2D eigenvalue weighted by Gasteiger charge is -2.44.